The Bertz CT molecular complexity index is 464. The first-order chi connectivity index (χ1) is 9.08. The third-order valence-electron chi connectivity index (χ3n) is 3.01. The van der Waals surface area contributed by atoms with Crippen molar-refractivity contribution in [1.82, 2.24) is 10.6 Å². The molecule has 1 aliphatic rings. The molecule has 1 aromatic carbocycles. The average Bonchev–Trinajstić information content (AvgIpc) is 2.39. The van der Waals surface area contributed by atoms with Crippen LogP contribution in [0.3, 0.4) is 0 Å². The van der Waals surface area contributed by atoms with Gasteiger partial charge in [-0.05, 0) is 24.6 Å². The Morgan fingerprint density at radius 2 is 2.42 bits per heavy atom. The lowest BCUT2D eigenvalue weighted by Gasteiger charge is -2.25. The molecule has 1 amide bonds. The molecule has 19 heavy (non-hydrogen) atoms. The summed E-state index contributed by atoms with van der Waals surface area (Å²) in [4.78, 5) is 12.0. The van der Waals surface area contributed by atoms with Gasteiger partial charge in [0, 0.05) is 18.1 Å². The monoisotopic (exact) mass is 286 g/mol. The maximum Gasteiger partial charge on any atom is 0.250 e. The molecule has 6 heteroatoms. The van der Waals surface area contributed by atoms with E-state index in [1.165, 1.54) is 12.1 Å². The predicted octanol–water partition coefficient (Wildman–Crippen LogP) is 1.64. The Morgan fingerprint density at radius 1 is 1.63 bits per heavy atom. The molecule has 0 bridgehead atoms. The summed E-state index contributed by atoms with van der Waals surface area (Å²) in [6.07, 6.45) is -0.490. The Hall–Kier alpha value is -1.17. The molecule has 2 unspecified atom stereocenters. The summed E-state index contributed by atoms with van der Waals surface area (Å²) in [7, 11) is 0. The molecule has 2 atom stereocenters. The highest BCUT2D eigenvalue weighted by Crippen LogP contribution is 2.23. The van der Waals surface area contributed by atoms with Crippen molar-refractivity contribution in [1.29, 1.82) is 0 Å². The van der Waals surface area contributed by atoms with E-state index in [1.807, 2.05) is 0 Å². The number of carbonyl (C=O) groups is 1. The maximum absolute atomic E-state index is 13.0. The van der Waals surface area contributed by atoms with Crippen molar-refractivity contribution in [2.75, 3.05) is 19.7 Å². The van der Waals surface area contributed by atoms with Crippen molar-refractivity contribution < 1.29 is 13.9 Å². The van der Waals surface area contributed by atoms with Crippen molar-refractivity contribution in [3.63, 3.8) is 0 Å². The second-order valence-corrected chi connectivity index (χ2v) is 4.87. The van der Waals surface area contributed by atoms with E-state index < -0.39 is 11.9 Å². The normalized spacial score (nSPS) is 20.9. The van der Waals surface area contributed by atoms with Crippen LogP contribution in [0.5, 0.6) is 0 Å². The molecule has 1 heterocycles. The standard InChI is InChI=1S/C13H16ClFN2O2/c1-8(10-3-2-9(15)6-11(10)14)17-13(18)12-7-16-4-5-19-12/h2-3,6,8,12,16H,4-5,7H2,1H3,(H,17,18). The van der Waals surface area contributed by atoms with E-state index in [-0.39, 0.29) is 11.9 Å². The van der Waals surface area contributed by atoms with E-state index in [2.05, 4.69) is 10.6 Å². The Balaban J connectivity index is 1.99. The van der Waals surface area contributed by atoms with Crippen LogP contribution in [0.15, 0.2) is 18.2 Å². The summed E-state index contributed by atoms with van der Waals surface area (Å²) < 4.78 is 18.3. The lowest BCUT2D eigenvalue weighted by Crippen LogP contribution is -2.48. The van der Waals surface area contributed by atoms with Crippen LogP contribution in [0, 0.1) is 5.82 Å². The smallest absolute Gasteiger partial charge is 0.250 e. The molecule has 0 saturated carbocycles. The number of ether oxygens (including phenoxy) is 1. The van der Waals surface area contributed by atoms with Crippen LogP contribution in [0.25, 0.3) is 0 Å². The molecule has 2 rings (SSSR count). The van der Waals surface area contributed by atoms with Crippen LogP contribution < -0.4 is 10.6 Å². The van der Waals surface area contributed by atoms with Crippen molar-refractivity contribution in [2.24, 2.45) is 0 Å². The first kappa shape index (κ1) is 14.2. The first-order valence-electron chi connectivity index (χ1n) is 6.15. The van der Waals surface area contributed by atoms with E-state index in [0.29, 0.717) is 23.7 Å². The zero-order chi connectivity index (χ0) is 13.8. The number of rotatable bonds is 3. The number of nitrogens with one attached hydrogen (secondary N) is 2. The molecule has 104 valence electrons. The SMILES string of the molecule is CC(NC(=O)C1CNCCO1)c1ccc(F)cc1Cl. The number of benzene rings is 1. The lowest BCUT2D eigenvalue weighted by molar-refractivity contribution is -0.134. The summed E-state index contributed by atoms with van der Waals surface area (Å²) in [5.74, 6) is -0.591. The molecule has 1 aliphatic heterocycles. The number of carbonyl (C=O) groups excluding carboxylic acids is 1. The van der Waals surface area contributed by atoms with Gasteiger partial charge < -0.3 is 15.4 Å². The molecular weight excluding hydrogens is 271 g/mol. The van der Waals surface area contributed by atoms with Gasteiger partial charge in [-0.1, -0.05) is 17.7 Å². The van der Waals surface area contributed by atoms with Crippen LogP contribution in [-0.2, 0) is 9.53 Å². The summed E-state index contributed by atoms with van der Waals surface area (Å²) in [5.41, 5.74) is 0.681. The largest absolute Gasteiger partial charge is 0.366 e. The molecule has 0 aromatic heterocycles. The summed E-state index contributed by atoms with van der Waals surface area (Å²) in [6.45, 7) is 3.57. The minimum atomic E-state index is -0.490. The van der Waals surface area contributed by atoms with E-state index in [1.54, 1.807) is 13.0 Å². The van der Waals surface area contributed by atoms with Crippen molar-refractivity contribution in [2.45, 2.75) is 19.1 Å². The van der Waals surface area contributed by atoms with Crippen LogP contribution in [0.2, 0.25) is 5.02 Å². The molecule has 1 fully saturated rings. The molecule has 0 spiro atoms. The van der Waals surface area contributed by atoms with Gasteiger partial charge in [0.25, 0.3) is 5.91 Å². The molecule has 0 radical (unpaired) electrons. The van der Waals surface area contributed by atoms with Crippen molar-refractivity contribution >= 4 is 17.5 Å². The Labute approximate surface area is 116 Å². The maximum atomic E-state index is 13.0. The Morgan fingerprint density at radius 3 is 3.05 bits per heavy atom. The third-order valence-corrected chi connectivity index (χ3v) is 3.34. The van der Waals surface area contributed by atoms with Gasteiger partial charge in [-0.3, -0.25) is 4.79 Å². The fourth-order valence-electron chi connectivity index (χ4n) is 1.97. The van der Waals surface area contributed by atoms with Gasteiger partial charge in [-0.25, -0.2) is 4.39 Å². The number of halogens is 2. The molecule has 0 aliphatic carbocycles. The lowest BCUT2D eigenvalue weighted by atomic mass is 10.1. The van der Waals surface area contributed by atoms with Crippen LogP contribution in [0.1, 0.15) is 18.5 Å². The van der Waals surface area contributed by atoms with Gasteiger partial charge in [-0.15, -0.1) is 0 Å². The van der Waals surface area contributed by atoms with Crippen LogP contribution >= 0.6 is 11.6 Å². The van der Waals surface area contributed by atoms with Crippen LogP contribution in [-0.4, -0.2) is 31.7 Å². The second-order valence-electron chi connectivity index (χ2n) is 4.46. The third kappa shape index (κ3) is 3.65. The minimum absolute atomic E-state index is 0.194. The van der Waals surface area contributed by atoms with Crippen molar-refractivity contribution in [3.05, 3.63) is 34.6 Å². The highest BCUT2D eigenvalue weighted by atomic mass is 35.5. The second kappa shape index (κ2) is 6.32. The number of morpholine rings is 1. The number of hydrogen-bond acceptors (Lipinski definition) is 3. The van der Waals surface area contributed by atoms with Crippen molar-refractivity contribution in [3.8, 4) is 0 Å². The summed E-state index contributed by atoms with van der Waals surface area (Å²) in [5, 5.41) is 6.20. The quantitative estimate of drug-likeness (QED) is 0.888. The zero-order valence-corrected chi connectivity index (χ0v) is 11.3. The average molecular weight is 287 g/mol. The van der Waals surface area contributed by atoms with E-state index >= 15 is 0 Å². The highest BCUT2D eigenvalue weighted by Gasteiger charge is 2.23. The molecule has 4 nitrogen and oxygen atoms in total. The highest BCUT2D eigenvalue weighted by molar-refractivity contribution is 6.31. The molecule has 2 N–H and O–H groups in total. The fourth-order valence-corrected chi connectivity index (χ4v) is 2.30. The first-order valence-corrected chi connectivity index (χ1v) is 6.53. The predicted molar refractivity (Wildman–Crippen MR) is 70.6 cm³/mol. The van der Waals surface area contributed by atoms with E-state index in [9.17, 15) is 9.18 Å². The zero-order valence-electron chi connectivity index (χ0n) is 10.6. The fraction of sp³-hybridized carbons (Fsp3) is 0.462. The topological polar surface area (TPSA) is 50.4 Å². The van der Waals surface area contributed by atoms with E-state index in [4.69, 9.17) is 16.3 Å². The van der Waals surface area contributed by atoms with Crippen LogP contribution in [0.4, 0.5) is 4.39 Å². The number of hydrogen-bond donors (Lipinski definition) is 2. The summed E-state index contributed by atoms with van der Waals surface area (Å²) in [6, 6.07) is 3.83. The Kier molecular flexibility index (Phi) is 4.74. The van der Waals surface area contributed by atoms with Gasteiger partial charge in [0.1, 0.15) is 11.9 Å². The van der Waals surface area contributed by atoms with Gasteiger partial charge >= 0.3 is 0 Å². The van der Waals surface area contributed by atoms with Gasteiger partial charge in [0.15, 0.2) is 0 Å². The van der Waals surface area contributed by atoms with Gasteiger partial charge in [-0.2, -0.15) is 0 Å². The molecule has 1 saturated heterocycles. The molecular formula is C13H16ClFN2O2. The summed E-state index contributed by atoms with van der Waals surface area (Å²) >= 11 is 5.96. The molecule has 1 aromatic rings. The number of amides is 1. The minimum Gasteiger partial charge on any atom is -0.366 e. The van der Waals surface area contributed by atoms with Gasteiger partial charge in [0.2, 0.25) is 0 Å². The van der Waals surface area contributed by atoms with E-state index in [0.717, 1.165) is 6.54 Å². The van der Waals surface area contributed by atoms with Gasteiger partial charge in [0.05, 0.1) is 12.6 Å².